The molecule has 1 heterocycles. The fraction of sp³-hybridized carbons (Fsp3) is 0.538. The molecule has 1 N–H and O–H groups in total. The molecule has 0 bridgehead atoms. The molecule has 2 unspecified atom stereocenters. The van der Waals surface area contributed by atoms with Gasteiger partial charge in [-0.05, 0) is 31.0 Å². The largest absolute Gasteiger partial charge is 0.497 e. The molecule has 1 aromatic rings. The third-order valence-corrected chi connectivity index (χ3v) is 4.58. The van der Waals surface area contributed by atoms with Gasteiger partial charge in [0.2, 0.25) is 0 Å². The maximum Gasteiger partial charge on any atom is 0.133 e. The number of alkyl halides is 1. The summed E-state index contributed by atoms with van der Waals surface area (Å²) in [4.78, 5) is 1.02. The summed E-state index contributed by atoms with van der Waals surface area (Å²) in [6, 6.07) is 5.70. The molecule has 0 fully saturated rings. The SMILES string of the molecule is COc1ccc2c(c1)SC(CCCCl)C(O)CO2. The van der Waals surface area contributed by atoms with Crippen LogP contribution in [0.5, 0.6) is 11.5 Å². The van der Waals surface area contributed by atoms with Gasteiger partial charge >= 0.3 is 0 Å². The van der Waals surface area contributed by atoms with Gasteiger partial charge in [0.05, 0.1) is 12.0 Å². The molecular formula is C13H17ClO3S. The molecule has 0 aromatic heterocycles. The molecule has 0 saturated heterocycles. The Labute approximate surface area is 116 Å². The van der Waals surface area contributed by atoms with Crippen LogP contribution in [0.3, 0.4) is 0 Å². The molecular weight excluding hydrogens is 272 g/mol. The van der Waals surface area contributed by atoms with E-state index in [0.29, 0.717) is 12.5 Å². The van der Waals surface area contributed by atoms with Crippen molar-refractivity contribution in [3.05, 3.63) is 18.2 Å². The van der Waals surface area contributed by atoms with Gasteiger partial charge in [0.25, 0.3) is 0 Å². The molecule has 3 nitrogen and oxygen atoms in total. The van der Waals surface area contributed by atoms with E-state index < -0.39 is 6.10 Å². The zero-order valence-electron chi connectivity index (χ0n) is 10.3. The number of benzene rings is 1. The van der Waals surface area contributed by atoms with Crippen molar-refractivity contribution in [3.8, 4) is 11.5 Å². The Bertz CT molecular complexity index is 400. The molecule has 1 aromatic carbocycles. The van der Waals surface area contributed by atoms with Gasteiger partial charge in [-0.2, -0.15) is 0 Å². The van der Waals surface area contributed by atoms with Crippen molar-refractivity contribution in [1.29, 1.82) is 0 Å². The number of ether oxygens (including phenoxy) is 2. The lowest BCUT2D eigenvalue weighted by molar-refractivity contribution is 0.104. The molecule has 5 heteroatoms. The number of thioether (sulfide) groups is 1. The average molecular weight is 289 g/mol. The van der Waals surface area contributed by atoms with E-state index in [1.165, 1.54) is 0 Å². The number of hydrogen-bond acceptors (Lipinski definition) is 4. The van der Waals surface area contributed by atoms with Crippen LogP contribution in [0.2, 0.25) is 0 Å². The Morgan fingerprint density at radius 1 is 1.56 bits per heavy atom. The summed E-state index contributed by atoms with van der Waals surface area (Å²) in [6.07, 6.45) is 1.32. The van der Waals surface area contributed by atoms with Crippen LogP contribution < -0.4 is 9.47 Å². The molecule has 1 aliphatic rings. The predicted molar refractivity (Wildman–Crippen MR) is 74.1 cm³/mol. The normalized spacial score (nSPS) is 22.8. The van der Waals surface area contributed by atoms with E-state index in [0.717, 1.165) is 29.2 Å². The monoisotopic (exact) mass is 288 g/mol. The van der Waals surface area contributed by atoms with Crippen molar-refractivity contribution < 1.29 is 14.6 Å². The van der Waals surface area contributed by atoms with Crippen LogP contribution >= 0.6 is 23.4 Å². The fourth-order valence-electron chi connectivity index (χ4n) is 1.88. The van der Waals surface area contributed by atoms with E-state index in [2.05, 4.69) is 0 Å². The first-order chi connectivity index (χ1) is 8.74. The molecule has 0 saturated carbocycles. The van der Waals surface area contributed by atoms with Gasteiger partial charge in [0.1, 0.15) is 24.2 Å². The number of hydrogen-bond donors (Lipinski definition) is 1. The average Bonchev–Trinajstić information content (AvgIpc) is 2.55. The zero-order chi connectivity index (χ0) is 13.0. The highest BCUT2D eigenvalue weighted by atomic mass is 35.5. The van der Waals surface area contributed by atoms with Crippen LogP contribution in [-0.2, 0) is 0 Å². The van der Waals surface area contributed by atoms with Gasteiger partial charge in [0, 0.05) is 11.1 Å². The predicted octanol–water partition coefficient (Wildman–Crippen LogP) is 2.93. The van der Waals surface area contributed by atoms with Crippen molar-refractivity contribution in [2.45, 2.75) is 29.1 Å². The Balaban J connectivity index is 2.17. The highest BCUT2D eigenvalue weighted by Crippen LogP contribution is 2.40. The quantitative estimate of drug-likeness (QED) is 0.865. The Hall–Kier alpha value is -0.580. The Morgan fingerprint density at radius 3 is 3.11 bits per heavy atom. The summed E-state index contributed by atoms with van der Waals surface area (Å²) in [5.74, 6) is 2.24. The molecule has 1 aliphatic heterocycles. The third-order valence-electron chi connectivity index (χ3n) is 2.89. The first-order valence-electron chi connectivity index (χ1n) is 5.96. The van der Waals surface area contributed by atoms with E-state index >= 15 is 0 Å². The maximum absolute atomic E-state index is 10.1. The van der Waals surface area contributed by atoms with Crippen molar-refractivity contribution in [3.63, 3.8) is 0 Å². The number of aliphatic hydroxyl groups excluding tert-OH is 1. The minimum Gasteiger partial charge on any atom is -0.497 e. The molecule has 0 spiro atoms. The van der Waals surface area contributed by atoms with Gasteiger partial charge < -0.3 is 14.6 Å². The third kappa shape index (κ3) is 3.25. The van der Waals surface area contributed by atoms with Crippen LogP contribution in [-0.4, -0.2) is 36.1 Å². The van der Waals surface area contributed by atoms with Crippen LogP contribution in [0.4, 0.5) is 0 Å². The summed E-state index contributed by atoms with van der Waals surface area (Å²) in [6.45, 7) is 0.333. The van der Waals surface area contributed by atoms with E-state index in [-0.39, 0.29) is 5.25 Å². The van der Waals surface area contributed by atoms with Gasteiger partial charge in [-0.25, -0.2) is 0 Å². The van der Waals surface area contributed by atoms with Crippen LogP contribution in [0.25, 0.3) is 0 Å². The van der Waals surface area contributed by atoms with E-state index in [1.807, 2.05) is 18.2 Å². The smallest absolute Gasteiger partial charge is 0.133 e. The van der Waals surface area contributed by atoms with E-state index in [9.17, 15) is 5.11 Å². The zero-order valence-corrected chi connectivity index (χ0v) is 11.8. The first kappa shape index (κ1) is 13.8. The van der Waals surface area contributed by atoms with Gasteiger partial charge in [-0.15, -0.1) is 23.4 Å². The number of methoxy groups -OCH3 is 1. The van der Waals surface area contributed by atoms with Gasteiger partial charge in [-0.3, -0.25) is 0 Å². The maximum atomic E-state index is 10.1. The van der Waals surface area contributed by atoms with E-state index in [1.54, 1.807) is 18.9 Å². The molecule has 100 valence electrons. The van der Waals surface area contributed by atoms with Gasteiger partial charge in [-0.1, -0.05) is 0 Å². The Morgan fingerprint density at radius 2 is 2.39 bits per heavy atom. The lowest BCUT2D eigenvalue weighted by Gasteiger charge is -2.18. The summed E-state index contributed by atoms with van der Waals surface area (Å²) in [5.41, 5.74) is 0. The van der Waals surface area contributed by atoms with Crippen LogP contribution in [0.1, 0.15) is 12.8 Å². The van der Waals surface area contributed by atoms with Crippen molar-refractivity contribution in [2.75, 3.05) is 19.6 Å². The Kier molecular flexibility index (Phi) is 5.03. The van der Waals surface area contributed by atoms with Crippen molar-refractivity contribution in [2.24, 2.45) is 0 Å². The lowest BCUT2D eigenvalue weighted by Crippen LogP contribution is -2.28. The number of halogens is 1. The van der Waals surface area contributed by atoms with Crippen LogP contribution in [0, 0.1) is 0 Å². The molecule has 0 radical (unpaired) electrons. The summed E-state index contributed by atoms with van der Waals surface area (Å²) in [7, 11) is 1.64. The number of rotatable bonds is 4. The fourth-order valence-corrected chi connectivity index (χ4v) is 3.31. The molecule has 2 rings (SSSR count). The lowest BCUT2D eigenvalue weighted by atomic mass is 10.1. The molecule has 0 aliphatic carbocycles. The molecule has 18 heavy (non-hydrogen) atoms. The van der Waals surface area contributed by atoms with Crippen LogP contribution in [0.15, 0.2) is 23.1 Å². The second kappa shape index (κ2) is 6.55. The highest BCUT2D eigenvalue weighted by molar-refractivity contribution is 8.00. The second-order valence-corrected chi connectivity index (χ2v) is 5.84. The second-order valence-electron chi connectivity index (χ2n) is 4.18. The summed E-state index contributed by atoms with van der Waals surface area (Å²) in [5, 5.41) is 10.2. The molecule has 2 atom stereocenters. The van der Waals surface area contributed by atoms with E-state index in [4.69, 9.17) is 21.1 Å². The topological polar surface area (TPSA) is 38.7 Å². The highest BCUT2D eigenvalue weighted by Gasteiger charge is 2.26. The number of fused-ring (bicyclic) bond motifs is 1. The number of aliphatic hydroxyl groups is 1. The minimum atomic E-state index is -0.461. The van der Waals surface area contributed by atoms with Gasteiger partial charge in [0.15, 0.2) is 0 Å². The first-order valence-corrected chi connectivity index (χ1v) is 7.37. The van der Waals surface area contributed by atoms with Crippen molar-refractivity contribution in [1.82, 2.24) is 0 Å². The summed E-state index contributed by atoms with van der Waals surface area (Å²) < 4.78 is 10.8. The summed E-state index contributed by atoms with van der Waals surface area (Å²) >= 11 is 7.36. The molecule has 0 amide bonds. The van der Waals surface area contributed by atoms with Crippen molar-refractivity contribution >= 4 is 23.4 Å². The standard InChI is InChI=1S/C13H17ClO3S/c1-16-9-4-5-11-13(7-9)18-12(3-2-6-14)10(15)8-17-11/h4-5,7,10,12,15H,2-3,6,8H2,1H3. The minimum absolute atomic E-state index is 0.122.